The summed E-state index contributed by atoms with van der Waals surface area (Å²) in [6, 6.07) is 41.2. The monoisotopic (exact) mass is 696 g/mol. The van der Waals surface area contributed by atoms with Gasteiger partial charge in [-0.3, -0.25) is 4.79 Å². The second kappa shape index (κ2) is 14.8. The molecule has 6 heterocycles. The van der Waals surface area contributed by atoms with Crippen LogP contribution in [-0.2, 0) is 11.2 Å². The summed E-state index contributed by atoms with van der Waals surface area (Å²) in [6.07, 6.45) is 3.13. The SMILES string of the molecule is C1=Cc2cc3ccc(cc4nc(cc5ccc(cc1n2)[nH]5)C=C4)[nH]3.O=C(CCc1cccs1)C(F)(F)F.c1ccc2c(c1)ccc1ccccc12. The lowest BCUT2D eigenvalue weighted by Crippen LogP contribution is -2.22. The number of halogens is 3. The molecular weight excluding hydrogens is 666 g/mol. The standard InChI is InChI=1S/C20H14N4.C14H10.C8H7F3OS/c1-2-14-10-16-5-6-18(23-16)12-20-8-7-19(24-20)11-17-4-3-15(22-17)9-13(1)21-14;1-3-7-13-11(5-1)9-10-12-6-2-4-8-14(12)13;9-8(10,11)7(12)4-3-6-2-1-5-13-6/h1-12,21,24H;1-10H;1-2,5H,3-4H2. The number of fused-ring (bicyclic) bond motifs is 11. The number of nitrogens with zero attached hydrogens (tertiary/aromatic N) is 2. The van der Waals surface area contributed by atoms with E-state index in [9.17, 15) is 18.0 Å². The van der Waals surface area contributed by atoms with Gasteiger partial charge in [0.15, 0.2) is 0 Å². The van der Waals surface area contributed by atoms with Gasteiger partial charge < -0.3 is 9.97 Å². The Morgan fingerprint density at radius 3 is 1.39 bits per heavy atom. The van der Waals surface area contributed by atoms with Crippen LogP contribution in [0, 0.1) is 0 Å². The minimum absolute atomic E-state index is 0.177. The summed E-state index contributed by atoms with van der Waals surface area (Å²) in [4.78, 5) is 27.3. The van der Waals surface area contributed by atoms with Gasteiger partial charge in [0.2, 0.25) is 5.78 Å². The van der Waals surface area contributed by atoms with Crippen molar-refractivity contribution in [3.05, 3.63) is 154 Å². The molecule has 9 heteroatoms. The largest absolute Gasteiger partial charge is 0.449 e. The molecule has 0 radical (unpaired) electrons. The summed E-state index contributed by atoms with van der Waals surface area (Å²) in [5, 5.41) is 7.07. The van der Waals surface area contributed by atoms with E-state index in [2.05, 4.69) is 105 Å². The van der Waals surface area contributed by atoms with Gasteiger partial charge in [-0.05, 0) is 112 Å². The number of H-pyrrole nitrogens is 2. The van der Waals surface area contributed by atoms with Gasteiger partial charge in [0.25, 0.3) is 0 Å². The summed E-state index contributed by atoms with van der Waals surface area (Å²) in [5.74, 6) is -1.65. The topological polar surface area (TPSA) is 74.4 Å². The van der Waals surface area contributed by atoms with Crippen molar-refractivity contribution in [2.75, 3.05) is 0 Å². The molecule has 0 saturated carbocycles. The zero-order valence-corrected chi connectivity index (χ0v) is 28.0. The first-order valence-corrected chi connectivity index (χ1v) is 17.2. The normalized spacial score (nSPS) is 11.9. The van der Waals surface area contributed by atoms with Crippen molar-refractivity contribution in [3.8, 4) is 0 Å². The number of benzene rings is 3. The lowest BCUT2D eigenvalue weighted by Gasteiger charge is -2.02. The zero-order chi connectivity index (χ0) is 35.2. The minimum Gasteiger partial charge on any atom is -0.355 e. The molecule has 9 rings (SSSR count). The van der Waals surface area contributed by atoms with Crippen LogP contribution in [0.4, 0.5) is 13.2 Å². The molecule has 0 fully saturated rings. The van der Waals surface area contributed by atoms with Crippen LogP contribution < -0.4 is 0 Å². The lowest BCUT2D eigenvalue weighted by molar-refractivity contribution is -0.170. The average molecular weight is 697 g/mol. The van der Waals surface area contributed by atoms with Crippen LogP contribution in [-0.4, -0.2) is 31.9 Å². The van der Waals surface area contributed by atoms with Gasteiger partial charge in [-0.2, -0.15) is 13.2 Å². The van der Waals surface area contributed by atoms with Gasteiger partial charge in [0.05, 0.1) is 22.8 Å². The summed E-state index contributed by atoms with van der Waals surface area (Å²) in [5.41, 5.74) is 7.86. The van der Waals surface area contributed by atoms with Crippen LogP contribution in [0.1, 0.15) is 34.1 Å². The Morgan fingerprint density at radius 1 is 0.569 bits per heavy atom. The van der Waals surface area contributed by atoms with Crippen molar-refractivity contribution in [1.29, 1.82) is 0 Å². The van der Waals surface area contributed by atoms with E-state index in [0.29, 0.717) is 0 Å². The molecule has 0 amide bonds. The molecule has 8 bridgehead atoms. The van der Waals surface area contributed by atoms with Crippen LogP contribution in [0.15, 0.2) is 127 Å². The van der Waals surface area contributed by atoms with Gasteiger partial charge in [-0.1, -0.05) is 66.7 Å². The van der Waals surface area contributed by atoms with Crippen LogP contribution in [0.25, 0.3) is 67.9 Å². The Hall–Kier alpha value is -6.06. The molecule has 0 unspecified atom stereocenters. The lowest BCUT2D eigenvalue weighted by atomic mass is 10.0. The molecule has 5 nitrogen and oxygen atoms in total. The maximum Gasteiger partial charge on any atom is 0.449 e. The number of aromatic amines is 2. The Kier molecular flexibility index (Phi) is 9.72. The number of thiophene rings is 1. The maximum absolute atomic E-state index is 11.7. The molecular formula is C42H31F3N4OS. The second-order valence-corrected chi connectivity index (χ2v) is 12.9. The Bertz CT molecular complexity index is 2330. The highest BCUT2D eigenvalue weighted by Gasteiger charge is 2.37. The molecule has 3 aromatic carbocycles. The number of ketones is 1. The van der Waals surface area contributed by atoms with E-state index in [1.165, 1.54) is 32.9 Å². The van der Waals surface area contributed by atoms with E-state index >= 15 is 0 Å². The zero-order valence-electron chi connectivity index (χ0n) is 27.2. The summed E-state index contributed by atoms with van der Waals surface area (Å²) in [7, 11) is 0. The van der Waals surface area contributed by atoms with Crippen molar-refractivity contribution in [2.45, 2.75) is 19.0 Å². The van der Waals surface area contributed by atoms with Gasteiger partial charge >= 0.3 is 6.18 Å². The number of Topliss-reactive ketones (excluding diaryl/α,β-unsaturated/α-hetero) is 1. The quantitative estimate of drug-likeness (QED) is 0.181. The van der Waals surface area contributed by atoms with Gasteiger partial charge in [-0.15, -0.1) is 11.3 Å². The number of aromatic nitrogens is 4. The van der Waals surface area contributed by atoms with Crippen LogP contribution in [0.3, 0.4) is 0 Å². The molecule has 51 heavy (non-hydrogen) atoms. The van der Waals surface area contributed by atoms with E-state index < -0.39 is 18.4 Å². The number of nitrogens with one attached hydrogen (secondary N) is 2. The first-order chi connectivity index (χ1) is 24.7. The summed E-state index contributed by atoms with van der Waals surface area (Å²) in [6.45, 7) is 0. The fourth-order valence-corrected chi connectivity index (χ4v) is 6.44. The highest BCUT2D eigenvalue weighted by Crippen LogP contribution is 2.25. The third-order valence-electron chi connectivity index (χ3n) is 8.19. The van der Waals surface area contributed by atoms with E-state index in [1.807, 2.05) is 48.6 Å². The molecule has 0 aliphatic carbocycles. The smallest absolute Gasteiger partial charge is 0.355 e. The van der Waals surface area contributed by atoms with E-state index in [4.69, 9.17) is 0 Å². The van der Waals surface area contributed by atoms with Crippen LogP contribution in [0.2, 0.25) is 0 Å². The number of hydrogen-bond donors (Lipinski definition) is 2. The van der Waals surface area contributed by atoms with Crippen molar-refractivity contribution in [3.63, 3.8) is 0 Å². The number of hydrogen-bond acceptors (Lipinski definition) is 4. The number of alkyl halides is 3. The molecule has 7 aromatic rings. The number of carbonyl (C=O) groups excluding carboxylic acids is 1. The van der Waals surface area contributed by atoms with Crippen molar-refractivity contribution >= 4 is 85.0 Å². The van der Waals surface area contributed by atoms with Crippen molar-refractivity contribution < 1.29 is 18.0 Å². The number of carbonyl (C=O) groups is 1. The fourth-order valence-electron chi connectivity index (χ4n) is 5.73. The van der Waals surface area contributed by atoms with E-state index in [1.54, 1.807) is 17.5 Å². The van der Waals surface area contributed by atoms with Gasteiger partial charge in [0.1, 0.15) is 0 Å². The minimum atomic E-state index is -4.68. The van der Waals surface area contributed by atoms with Gasteiger partial charge in [0, 0.05) is 33.4 Å². The molecule has 4 aromatic heterocycles. The second-order valence-electron chi connectivity index (χ2n) is 11.9. The third-order valence-corrected chi connectivity index (χ3v) is 9.13. The predicted octanol–water partition coefficient (Wildman–Crippen LogP) is 11.5. The molecule has 2 N–H and O–H groups in total. The Balaban J connectivity index is 0.000000129. The summed E-state index contributed by atoms with van der Waals surface area (Å²) < 4.78 is 35.2. The molecule has 2 aliphatic heterocycles. The molecule has 0 saturated heterocycles. The highest BCUT2D eigenvalue weighted by molar-refractivity contribution is 7.09. The molecule has 252 valence electrons. The van der Waals surface area contributed by atoms with Gasteiger partial charge in [-0.25, -0.2) is 9.97 Å². The highest BCUT2D eigenvalue weighted by atomic mass is 32.1. The van der Waals surface area contributed by atoms with Crippen molar-refractivity contribution in [1.82, 2.24) is 19.9 Å². The average Bonchev–Trinajstić information content (AvgIpc) is 3.98. The van der Waals surface area contributed by atoms with Crippen molar-refractivity contribution in [2.24, 2.45) is 0 Å². The number of rotatable bonds is 3. The maximum atomic E-state index is 11.7. The molecule has 0 atom stereocenters. The Labute approximate surface area is 295 Å². The fraction of sp³-hybridized carbons (Fsp3) is 0.0714. The van der Waals surface area contributed by atoms with Crippen LogP contribution >= 0.6 is 11.3 Å². The first-order valence-electron chi connectivity index (χ1n) is 16.3. The molecule has 0 spiro atoms. The van der Waals surface area contributed by atoms with E-state index in [-0.39, 0.29) is 6.42 Å². The van der Waals surface area contributed by atoms with Crippen LogP contribution in [0.5, 0.6) is 0 Å². The third kappa shape index (κ3) is 8.57. The predicted molar refractivity (Wildman–Crippen MR) is 204 cm³/mol. The number of aryl methyl sites for hydroxylation is 1. The summed E-state index contributed by atoms with van der Waals surface area (Å²) >= 11 is 1.36. The molecule has 2 aliphatic rings. The Morgan fingerprint density at radius 2 is 1.00 bits per heavy atom. The first kappa shape index (κ1) is 33.4. The van der Waals surface area contributed by atoms with E-state index in [0.717, 1.165) is 49.7 Å².